The highest BCUT2D eigenvalue weighted by molar-refractivity contribution is 9.11. The second-order valence-corrected chi connectivity index (χ2v) is 9.21. The van der Waals surface area contributed by atoms with Crippen LogP contribution in [0.5, 0.6) is 0 Å². The normalized spacial score (nSPS) is 14.0. The Kier molecular flexibility index (Phi) is 5.64. The lowest BCUT2D eigenvalue weighted by Gasteiger charge is -2.17. The highest BCUT2D eigenvalue weighted by Gasteiger charge is 2.18. The Morgan fingerprint density at radius 1 is 1.50 bits per heavy atom. The number of rotatable bonds is 5. The molecule has 0 spiro atoms. The van der Waals surface area contributed by atoms with E-state index in [0.29, 0.717) is 0 Å². The van der Waals surface area contributed by atoms with Gasteiger partial charge in [-0.25, -0.2) is 0 Å². The molecule has 2 nitrogen and oxygen atoms in total. The summed E-state index contributed by atoms with van der Waals surface area (Å²) < 4.78 is 12.8. The zero-order valence-electron chi connectivity index (χ0n) is 9.88. The first-order valence-electron chi connectivity index (χ1n) is 5.21. The van der Waals surface area contributed by atoms with E-state index < -0.39 is 10.8 Å². The standard InChI is InChI=1S/C11H18BrNOS2/c1-11(2,3)16(14)5-4-13-7-9-6-10(12)15-8-9/h6,8,13H,4-5,7H2,1-3H3. The number of hydrogen-bond acceptors (Lipinski definition) is 3. The van der Waals surface area contributed by atoms with E-state index in [4.69, 9.17) is 0 Å². The lowest BCUT2D eigenvalue weighted by Crippen LogP contribution is -2.29. The van der Waals surface area contributed by atoms with E-state index in [1.165, 1.54) is 5.56 Å². The van der Waals surface area contributed by atoms with Crippen molar-refractivity contribution in [2.24, 2.45) is 0 Å². The summed E-state index contributed by atoms with van der Waals surface area (Å²) in [5.74, 6) is 0.717. The van der Waals surface area contributed by atoms with E-state index in [9.17, 15) is 4.21 Å². The first kappa shape index (κ1) is 14.4. The van der Waals surface area contributed by atoms with Gasteiger partial charge in [0.1, 0.15) is 0 Å². The molecule has 1 heterocycles. The third kappa shape index (κ3) is 5.08. The molecule has 1 atom stereocenters. The van der Waals surface area contributed by atoms with Crippen molar-refractivity contribution in [2.75, 3.05) is 12.3 Å². The molecule has 0 saturated carbocycles. The topological polar surface area (TPSA) is 29.1 Å². The summed E-state index contributed by atoms with van der Waals surface area (Å²) in [7, 11) is -0.759. The zero-order chi connectivity index (χ0) is 12.2. The fourth-order valence-corrected chi connectivity index (χ4v) is 3.29. The highest BCUT2D eigenvalue weighted by Crippen LogP contribution is 2.20. The molecule has 0 radical (unpaired) electrons. The van der Waals surface area contributed by atoms with Gasteiger partial charge in [0.15, 0.2) is 0 Å². The average Bonchev–Trinajstić information content (AvgIpc) is 2.57. The van der Waals surface area contributed by atoms with E-state index in [2.05, 4.69) is 32.7 Å². The van der Waals surface area contributed by atoms with Crippen LogP contribution < -0.4 is 5.32 Å². The van der Waals surface area contributed by atoms with Crippen LogP contribution in [-0.4, -0.2) is 21.3 Å². The fourth-order valence-electron chi connectivity index (χ4n) is 1.14. The summed E-state index contributed by atoms with van der Waals surface area (Å²) in [5, 5.41) is 5.43. The summed E-state index contributed by atoms with van der Waals surface area (Å²) in [6, 6.07) is 2.11. The van der Waals surface area contributed by atoms with Crippen molar-refractivity contribution in [1.29, 1.82) is 0 Å². The van der Waals surface area contributed by atoms with Crippen molar-refractivity contribution in [1.82, 2.24) is 5.32 Å². The molecule has 92 valence electrons. The molecule has 16 heavy (non-hydrogen) atoms. The molecule has 1 aromatic heterocycles. The third-order valence-electron chi connectivity index (χ3n) is 2.10. The first-order valence-corrected chi connectivity index (χ1v) is 8.21. The Morgan fingerprint density at radius 3 is 2.69 bits per heavy atom. The predicted octanol–water partition coefficient (Wildman–Crippen LogP) is 3.15. The SMILES string of the molecule is CC(C)(C)S(=O)CCNCc1csc(Br)c1. The van der Waals surface area contributed by atoms with Gasteiger partial charge in [0.25, 0.3) is 0 Å². The molecule has 0 aliphatic carbocycles. The van der Waals surface area contributed by atoms with Gasteiger partial charge in [-0.15, -0.1) is 11.3 Å². The average molecular weight is 324 g/mol. The molecule has 0 aliphatic heterocycles. The van der Waals surface area contributed by atoms with Crippen LogP contribution in [0.3, 0.4) is 0 Å². The van der Waals surface area contributed by atoms with Gasteiger partial charge in [0, 0.05) is 34.4 Å². The van der Waals surface area contributed by atoms with Crippen LogP contribution in [-0.2, 0) is 17.3 Å². The quantitative estimate of drug-likeness (QED) is 0.843. The zero-order valence-corrected chi connectivity index (χ0v) is 13.1. The lowest BCUT2D eigenvalue weighted by atomic mass is 10.3. The van der Waals surface area contributed by atoms with Crippen LogP contribution in [0.1, 0.15) is 26.3 Å². The van der Waals surface area contributed by atoms with Crippen LogP contribution in [0.2, 0.25) is 0 Å². The molecular weight excluding hydrogens is 306 g/mol. The molecular formula is C11H18BrNOS2. The largest absolute Gasteiger partial charge is 0.312 e. The summed E-state index contributed by atoms with van der Waals surface area (Å²) in [5.41, 5.74) is 1.28. The van der Waals surface area contributed by atoms with Crippen molar-refractivity contribution in [3.63, 3.8) is 0 Å². The Morgan fingerprint density at radius 2 is 2.19 bits per heavy atom. The van der Waals surface area contributed by atoms with Gasteiger partial charge in [-0.3, -0.25) is 4.21 Å². The first-order chi connectivity index (χ1) is 7.39. The van der Waals surface area contributed by atoms with Crippen LogP contribution in [0, 0.1) is 0 Å². The number of thiophene rings is 1. The Bertz CT molecular complexity index is 357. The van der Waals surface area contributed by atoms with E-state index >= 15 is 0 Å². The van der Waals surface area contributed by atoms with Gasteiger partial charge < -0.3 is 5.32 Å². The smallest absolute Gasteiger partial charge is 0.0701 e. The predicted molar refractivity (Wildman–Crippen MR) is 76.5 cm³/mol. The monoisotopic (exact) mass is 323 g/mol. The minimum atomic E-state index is -0.759. The van der Waals surface area contributed by atoms with E-state index in [0.717, 1.165) is 22.6 Å². The van der Waals surface area contributed by atoms with Crippen molar-refractivity contribution < 1.29 is 4.21 Å². The minimum Gasteiger partial charge on any atom is -0.312 e. The molecule has 1 unspecified atom stereocenters. The van der Waals surface area contributed by atoms with Gasteiger partial charge in [-0.05, 0) is 53.7 Å². The van der Waals surface area contributed by atoms with E-state index in [1.807, 2.05) is 20.8 Å². The molecule has 0 aromatic carbocycles. The van der Waals surface area contributed by atoms with Crippen LogP contribution >= 0.6 is 27.3 Å². The summed E-state index contributed by atoms with van der Waals surface area (Å²) in [6.07, 6.45) is 0. The van der Waals surface area contributed by atoms with Crippen molar-refractivity contribution >= 4 is 38.1 Å². The van der Waals surface area contributed by atoms with Crippen molar-refractivity contribution in [3.8, 4) is 0 Å². The van der Waals surface area contributed by atoms with Crippen LogP contribution in [0.15, 0.2) is 15.2 Å². The Hall–Kier alpha value is 0.290. The summed E-state index contributed by atoms with van der Waals surface area (Å²) >= 11 is 5.12. The second kappa shape index (κ2) is 6.28. The number of halogens is 1. The van der Waals surface area contributed by atoms with Gasteiger partial charge in [-0.2, -0.15) is 0 Å². The molecule has 0 aliphatic rings. The molecule has 0 bridgehead atoms. The van der Waals surface area contributed by atoms with Gasteiger partial charge in [-0.1, -0.05) is 0 Å². The summed E-state index contributed by atoms with van der Waals surface area (Å²) in [6.45, 7) is 7.69. The van der Waals surface area contributed by atoms with Gasteiger partial charge in [0.05, 0.1) is 3.79 Å². The molecule has 5 heteroatoms. The molecule has 0 fully saturated rings. The number of hydrogen-bond donors (Lipinski definition) is 1. The number of nitrogens with one attached hydrogen (secondary N) is 1. The maximum absolute atomic E-state index is 11.7. The molecule has 0 amide bonds. The van der Waals surface area contributed by atoms with Crippen LogP contribution in [0.4, 0.5) is 0 Å². The molecule has 0 saturated heterocycles. The highest BCUT2D eigenvalue weighted by atomic mass is 79.9. The van der Waals surface area contributed by atoms with Gasteiger partial charge in [0.2, 0.25) is 0 Å². The molecule has 1 N–H and O–H groups in total. The lowest BCUT2D eigenvalue weighted by molar-refractivity contribution is 0.641. The van der Waals surface area contributed by atoms with Gasteiger partial charge >= 0.3 is 0 Å². The van der Waals surface area contributed by atoms with Crippen molar-refractivity contribution in [3.05, 3.63) is 20.8 Å². The summed E-state index contributed by atoms with van der Waals surface area (Å²) in [4.78, 5) is 0. The van der Waals surface area contributed by atoms with E-state index in [1.54, 1.807) is 11.3 Å². The second-order valence-electron chi connectivity index (χ2n) is 4.60. The van der Waals surface area contributed by atoms with E-state index in [-0.39, 0.29) is 4.75 Å². The maximum Gasteiger partial charge on any atom is 0.0701 e. The Labute approximate surface area is 112 Å². The molecule has 1 rings (SSSR count). The molecule has 1 aromatic rings. The minimum absolute atomic E-state index is 0.104. The Balaban J connectivity index is 2.20. The maximum atomic E-state index is 11.7. The fraction of sp³-hybridized carbons (Fsp3) is 0.636. The van der Waals surface area contributed by atoms with Crippen molar-refractivity contribution in [2.45, 2.75) is 32.1 Å². The third-order valence-corrected chi connectivity index (χ3v) is 5.59. The van der Waals surface area contributed by atoms with Crippen LogP contribution in [0.25, 0.3) is 0 Å².